The van der Waals surface area contributed by atoms with E-state index < -0.39 is 11.9 Å². The highest BCUT2D eigenvalue weighted by molar-refractivity contribution is 6.29. The van der Waals surface area contributed by atoms with Crippen LogP contribution in [0.1, 0.15) is 25.8 Å². The summed E-state index contributed by atoms with van der Waals surface area (Å²) in [5, 5.41) is 14.2. The third kappa shape index (κ3) is 9.15. The molecule has 0 spiro atoms. The molecule has 1 unspecified atom stereocenters. The predicted octanol–water partition coefficient (Wildman–Crippen LogP) is 6.72. The largest absolute Gasteiger partial charge is 0.494 e. The maximum absolute atomic E-state index is 14.2. The van der Waals surface area contributed by atoms with Crippen LogP contribution < -0.4 is 15.4 Å². The number of fused-ring (bicyclic) bond motifs is 1. The van der Waals surface area contributed by atoms with Crippen LogP contribution in [-0.2, 0) is 6.42 Å². The Kier molecular flexibility index (Phi) is 10.6. The van der Waals surface area contributed by atoms with Gasteiger partial charge in [0.2, 0.25) is 0 Å². The molecule has 2 aromatic heterocycles. The Bertz CT molecular complexity index is 1320. The van der Waals surface area contributed by atoms with Gasteiger partial charge in [0.1, 0.15) is 27.9 Å². The number of benzene rings is 2. The monoisotopic (exact) mass is 542 g/mol. The second-order valence-corrected chi connectivity index (χ2v) is 9.05. The van der Waals surface area contributed by atoms with Crippen LogP contribution in [0.4, 0.5) is 19.3 Å². The summed E-state index contributed by atoms with van der Waals surface area (Å²) in [5.74, 6) is -0.218. The molecule has 0 bridgehead atoms. The lowest BCUT2D eigenvalue weighted by Crippen LogP contribution is -2.32. The standard InChI is InChI=1S/C18H16ClF2N3O.C10H13NO2/c1-11(8-9-25-13-4-2-12(20)3-5-13)23-17-14(21)10-22-15-6-7-16(19)24-18(15)17;1-8(11-10(12)13)7-9-5-3-2-4-6-9/h2-7,10-11H,8-9H2,1H3,(H,22,23);2-6,8,11H,7H2,1H3,(H,12,13)/t;8-/m.1/s1. The van der Waals surface area contributed by atoms with Crippen LogP contribution in [0.5, 0.6) is 5.75 Å². The quantitative estimate of drug-likeness (QED) is 0.203. The number of rotatable bonds is 9. The van der Waals surface area contributed by atoms with Crippen molar-refractivity contribution < 1.29 is 23.4 Å². The van der Waals surface area contributed by atoms with Crippen molar-refractivity contribution in [3.63, 3.8) is 0 Å². The second kappa shape index (κ2) is 14.1. The Balaban J connectivity index is 0.000000260. The molecule has 10 heteroatoms. The van der Waals surface area contributed by atoms with E-state index in [0.717, 1.165) is 18.2 Å². The lowest BCUT2D eigenvalue weighted by atomic mass is 10.1. The summed E-state index contributed by atoms with van der Waals surface area (Å²) in [6.45, 7) is 4.16. The van der Waals surface area contributed by atoms with Crippen LogP contribution >= 0.6 is 11.6 Å². The van der Waals surface area contributed by atoms with Crippen molar-refractivity contribution in [3.8, 4) is 5.75 Å². The fourth-order valence-electron chi connectivity index (χ4n) is 3.59. The predicted molar refractivity (Wildman–Crippen MR) is 145 cm³/mol. The summed E-state index contributed by atoms with van der Waals surface area (Å²) in [6.07, 6.45) is 1.53. The first-order chi connectivity index (χ1) is 18.2. The van der Waals surface area contributed by atoms with Gasteiger partial charge in [-0.2, -0.15) is 0 Å². The molecule has 4 rings (SSSR count). The topological polar surface area (TPSA) is 96.4 Å². The number of aromatic nitrogens is 2. The van der Waals surface area contributed by atoms with Gasteiger partial charge in [-0.15, -0.1) is 0 Å². The molecule has 7 nitrogen and oxygen atoms in total. The van der Waals surface area contributed by atoms with Crippen molar-refractivity contribution in [1.82, 2.24) is 15.3 Å². The first-order valence-electron chi connectivity index (χ1n) is 12.0. The molecule has 0 aliphatic heterocycles. The maximum atomic E-state index is 14.2. The van der Waals surface area contributed by atoms with E-state index in [1.807, 2.05) is 44.2 Å². The third-order valence-corrected chi connectivity index (χ3v) is 5.62. The average Bonchev–Trinajstić information content (AvgIpc) is 2.87. The molecule has 3 N–H and O–H groups in total. The zero-order valence-corrected chi connectivity index (χ0v) is 21.8. The summed E-state index contributed by atoms with van der Waals surface area (Å²) in [4.78, 5) is 18.5. The van der Waals surface area contributed by atoms with Crippen LogP contribution in [0.2, 0.25) is 5.15 Å². The second-order valence-electron chi connectivity index (χ2n) is 8.66. The summed E-state index contributed by atoms with van der Waals surface area (Å²) in [6, 6.07) is 18.8. The van der Waals surface area contributed by atoms with E-state index >= 15 is 0 Å². The highest BCUT2D eigenvalue weighted by atomic mass is 35.5. The molecule has 1 amide bonds. The van der Waals surface area contributed by atoms with Crippen molar-refractivity contribution in [1.29, 1.82) is 0 Å². The zero-order valence-electron chi connectivity index (χ0n) is 21.0. The number of carboxylic acid groups (broad SMARTS) is 1. The number of hydrogen-bond acceptors (Lipinski definition) is 5. The van der Waals surface area contributed by atoms with Gasteiger partial charge in [0.25, 0.3) is 0 Å². The number of nitrogens with one attached hydrogen (secondary N) is 2. The zero-order chi connectivity index (χ0) is 27.5. The van der Waals surface area contributed by atoms with E-state index in [9.17, 15) is 13.6 Å². The van der Waals surface area contributed by atoms with Gasteiger partial charge in [-0.05, 0) is 62.2 Å². The molecular formula is C28H29ClF2N4O3. The van der Waals surface area contributed by atoms with Crippen LogP contribution in [0.25, 0.3) is 11.0 Å². The number of nitrogens with zero attached hydrogens (tertiary/aromatic N) is 2. The van der Waals surface area contributed by atoms with Crippen molar-refractivity contribution >= 4 is 34.4 Å². The number of anilines is 1. The highest BCUT2D eigenvalue weighted by Gasteiger charge is 2.13. The number of halogens is 3. The molecule has 38 heavy (non-hydrogen) atoms. The third-order valence-electron chi connectivity index (χ3n) is 5.41. The Morgan fingerprint density at radius 2 is 1.74 bits per heavy atom. The molecule has 200 valence electrons. The van der Waals surface area contributed by atoms with Gasteiger partial charge < -0.3 is 20.5 Å². The molecule has 0 aliphatic rings. The van der Waals surface area contributed by atoms with Crippen LogP contribution in [-0.4, -0.2) is 39.9 Å². The normalized spacial score (nSPS) is 12.1. The van der Waals surface area contributed by atoms with E-state index in [2.05, 4.69) is 20.6 Å². The van der Waals surface area contributed by atoms with Crippen LogP contribution in [0.15, 0.2) is 72.9 Å². The van der Waals surface area contributed by atoms with E-state index in [0.29, 0.717) is 29.8 Å². The number of carbonyl (C=O) groups is 1. The minimum Gasteiger partial charge on any atom is -0.494 e. The highest BCUT2D eigenvalue weighted by Crippen LogP contribution is 2.25. The Hall–Kier alpha value is -3.98. The van der Waals surface area contributed by atoms with Gasteiger partial charge in [0.05, 0.1) is 18.3 Å². The fourth-order valence-corrected chi connectivity index (χ4v) is 3.74. The van der Waals surface area contributed by atoms with E-state index in [4.69, 9.17) is 21.4 Å². The van der Waals surface area contributed by atoms with Crippen molar-refractivity contribution in [2.45, 2.75) is 38.8 Å². The molecule has 0 saturated heterocycles. The van der Waals surface area contributed by atoms with Gasteiger partial charge in [0, 0.05) is 18.5 Å². The lowest BCUT2D eigenvalue weighted by molar-refractivity contribution is 0.190. The summed E-state index contributed by atoms with van der Waals surface area (Å²) in [5.41, 5.74) is 2.35. The van der Waals surface area contributed by atoms with Crippen LogP contribution in [0, 0.1) is 11.6 Å². The van der Waals surface area contributed by atoms with E-state index in [1.54, 1.807) is 24.3 Å². The van der Waals surface area contributed by atoms with E-state index in [1.165, 1.54) is 12.1 Å². The van der Waals surface area contributed by atoms with Gasteiger partial charge in [-0.3, -0.25) is 4.98 Å². The molecule has 2 aromatic carbocycles. The molecule has 2 atom stereocenters. The van der Waals surface area contributed by atoms with Crippen molar-refractivity contribution in [2.24, 2.45) is 0 Å². The van der Waals surface area contributed by atoms with Gasteiger partial charge in [-0.1, -0.05) is 41.9 Å². The fraction of sp³-hybridized carbons (Fsp3) is 0.250. The first kappa shape index (κ1) is 28.6. The summed E-state index contributed by atoms with van der Waals surface area (Å²) in [7, 11) is 0. The lowest BCUT2D eigenvalue weighted by Gasteiger charge is -2.17. The van der Waals surface area contributed by atoms with Crippen molar-refractivity contribution in [3.05, 3.63) is 95.3 Å². The Morgan fingerprint density at radius 3 is 2.42 bits per heavy atom. The van der Waals surface area contributed by atoms with Gasteiger partial charge in [-0.25, -0.2) is 18.6 Å². The maximum Gasteiger partial charge on any atom is 0.404 e. The number of amides is 1. The van der Waals surface area contributed by atoms with Crippen LogP contribution in [0.3, 0.4) is 0 Å². The minimum absolute atomic E-state index is 0.0418. The smallest absolute Gasteiger partial charge is 0.404 e. The summed E-state index contributed by atoms with van der Waals surface area (Å²) >= 11 is 5.91. The van der Waals surface area contributed by atoms with Crippen molar-refractivity contribution in [2.75, 3.05) is 11.9 Å². The minimum atomic E-state index is -0.969. The molecule has 0 aliphatic carbocycles. The SMILES string of the molecule is CC(CCOc1ccc(F)cc1)Nc1c(F)cnc2ccc(Cl)nc12.C[C@H](Cc1ccccc1)NC(=O)O. The first-order valence-corrected chi connectivity index (χ1v) is 12.4. The van der Waals surface area contributed by atoms with Gasteiger partial charge in [0.15, 0.2) is 5.82 Å². The molecule has 0 saturated carbocycles. The Labute approximate surface area is 224 Å². The average molecular weight is 543 g/mol. The molecule has 0 radical (unpaired) electrons. The number of ether oxygens (including phenoxy) is 1. The number of hydrogen-bond donors (Lipinski definition) is 3. The molecular weight excluding hydrogens is 514 g/mol. The molecule has 2 heterocycles. The molecule has 0 fully saturated rings. The van der Waals surface area contributed by atoms with Gasteiger partial charge >= 0.3 is 6.09 Å². The Morgan fingerprint density at radius 1 is 1.03 bits per heavy atom. The van der Waals surface area contributed by atoms with E-state index in [-0.39, 0.29) is 28.7 Å². The number of pyridine rings is 2. The molecule has 4 aromatic rings. The summed E-state index contributed by atoms with van der Waals surface area (Å²) < 4.78 is 32.6.